The number of likely N-dealkylation sites (N-methyl/N-ethyl adjacent to an activating group) is 1. The van der Waals surface area contributed by atoms with Gasteiger partial charge in [-0.15, -0.1) is 0 Å². The summed E-state index contributed by atoms with van der Waals surface area (Å²) >= 11 is 0. The van der Waals surface area contributed by atoms with Crippen molar-refractivity contribution in [1.82, 2.24) is 9.80 Å². The minimum Gasteiger partial charge on any atom is -0.484 e. The number of benzene rings is 1. The summed E-state index contributed by atoms with van der Waals surface area (Å²) in [6, 6.07) is 8.74. The normalized spacial score (nSPS) is 27.4. The Morgan fingerprint density at radius 2 is 1.32 bits per heavy atom. The molecule has 4 aliphatic carbocycles. The highest BCUT2D eigenvalue weighted by molar-refractivity contribution is 5.88. The highest BCUT2D eigenvalue weighted by Gasteiger charge is 2.51. The third kappa shape index (κ3) is 7.11. The second-order valence-electron chi connectivity index (χ2n) is 12.2. The van der Waals surface area contributed by atoms with Crippen LogP contribution in [0.2, 0.25) is 0 Å². The van der Waals surface area contributed by atoms with E-state index < -0.39 is 36.4 Å². The maximum Gasteiger partial charge on any atom is 0.336 e. The quantitative estimate of drug-likeness (QED) is 0.351. The number of aliphatic hydroxyl groups is 1. The minimum atomic E-state index is -2.74. The second-order valence-corrected chi connectivity index (χ2v) is 12.2. The Bertz CT molecular complexity index is 1040. The first kappa shape index (κ1) is 29.8. The Morgan fingerprint density at radius 1 is 0.850 bits per heavy atom. The van der Waals surface area contributed by atoms with Gasteiger partial charge < -0.3 is 35.0 Å². The van der Waals surface area contributed by atoms with Crippen LogP contribution >= 0.6 is 0 Å². The summed E-state index contributed by atoms with van der Waals surface area (Å²) in [5.74, 6) is -1.19. The number of amides is 1. The van der Waals surface area contributed by atoms with Crippen molar-refractivity contribution in [3.8, 4) is 5.75 Å². The van der Waals surface area contributed by atoms with Crippen LogP contribution in [0.4, 0.5) is 0 Å². The number of carboxylic acids is 3. The van der Waals surface area contributed by atoms with Gasteiger partial charge in [0.05, 0.1) is 12.8 Å². The van der Waals surface area contributed by atoms with E-state index >= 15 is 0 Å². The molecule has 1 saturated heterocycles. The van der Waals surface area contributed by atoms with E-state index in [1.807, 2.05) is 4.90 Å². The number of carboxylic acid groups (broad SMARTS) is 3. The molecule has 1 aromatic rings. The van der Waals surface area contributed by atoms with E-state index in [2.05, 4.69) is 36.2 Å². The van der Waals surface area contributed by atoms with Crippen molar-refractivity contribution in [2.24, 2.45) is 17.8 Å². The van der Waals surface area contributed by atoms with Gasteiger partial charge in [0.2, 0.25) is 0 Å². The molecular formula is C29H40N2O9. The molecule has 6 rings (SSSR count). The van der Waals surface area contributed by atoms with Gasteiger partial charge in [-0.25, -0.2) is 4.79 Å². The number of ether oxygens (including phenoxy) is 1. The van der Waals surface area contributed by atoms with E-state index in [1.165, 1.54) is 44.1 Å². The van der Waals surface area contributed by atoms with Crippen molar-refractivity contribution in [1.29, 1.82) is 0 Å². The van der Waals surface area contributed by atoms with Crippen molar-refractivity contribution in [3.05, 3.63) is 29.8 Å². The standard InChI is InChI=1S/C23H32N2O2.C6H8O7/c1-24-6-8-25(9-7-24)22(26)16-27-21-4-2-20(3-5-21)23-13-17-10-18(14-23)12-19(11-17)15-23;7-3(8)1-6(13,5(11)12)2-4(9)10/h2-5,17-19H,6-16H2,1H3;13H,1-2H2,(H,7,8)(H,9,10)(H,11,12). The van der Waals surface area contributed by atoms with Crippen LogP contribution in [-0.4, -0.2) is 99.5 Å². The molecule has 11 nitrogen and oxygen atoms in total. The molecule has 4 bridgehead atoms. The average Bonchev–Trinajstić information content (AvgIpc) is 2.86. The fraction of sp³-hybridized carbons (Fsp3) is 0.655. The van der Waals surface area contributed by atoms with Crippen LogP contribution < -0.4 is 4.74 Å². The van der Waals surface area contributed by atoms with Crippen LogP contribution in [0.25, 0.3) is 0 Å². The topological polar surface area (TPSA) is 165 Å². The summed E-state index contributed by atoms with van der Waals surface area (Å²) in [6.07, 6.45) is 6.32. The van der Waals surface area contributed by atoms with Crippen molar-refractivity contribution < 1.29 is 44.3 Å². The fourth-order valence-corrected chi connectivity index (χ4v) is 7.38. The lowest BCUT2D eigenvalue weighted by molar-refractivity contribution is -0.170. The van der Waals surface area contributed by atoms with E-state index in [0.29, 0.717) is 5.41 Å². The summed E-state index contributed by atoms with van der Waals surface area (Å²) in [7, 11) is 2.10. The molecule has 1 heterocycles. The molecule has 220 valence electrons. The number of carbonyl (C=O) groups excluding carboxylic acids is 1. The largest absolute Gasteiger partial charge is 0.484 e. The Kier molecular flexibility index (Phi) is 9.04. The molecule has 0 aromatic heterocycles. The molecule has 40 heavy (non-hydrogen) atoms. The number of hydrogen-bond donors (Lipinski definition) is 4. The molecule has 5 fully saturated rings. The molecule has 0 radical (unpaired) electrons. The predicted octanol–water partition coefficient (Wildman–Crippen LogP) is 2.06. The van der Waals surface area contributed by atoms with E-state index in [9.17, 15) is 19.2 Å². The molecule has 1 aromatic carbocycles. The molecule has 0 atom stereocenters. The van der Waals surface area contributed by atoms with Gasteiger partial charge in [0, 0.05) is 26.2 Å². The number of piperazine rings is 1. The number of carbonyl (C=O) groups is 4. The van der Waals surface area contributed by atoms with Gasteiger partial charge in [0.15, 0.2) is 12.2 Å². The van der Waals surface area contributed by atoms with Crippen molar-refractivity contribution >= 4 is 23.8 Å². The summed E-state index contributed by atoms with van der Waals surface area (Å²) in [6.45, 7) is 3.67. The summed E-state index contributed by atoms with van der Waals surface area (Å²) in [4.78, 5) is 47.0. The van der Waals surface area contributed by atoms with Crippen molar-refractivity contribution in [3.63, 3.8) is 0 Å². The van der Waals surface area contributed by atoms with E-state index in [-0.39, 0.29) is 12.5 Å². The first-order valence-corrected chi connectivity index (χ1v) is 14.0. The maximum atomic E-state index is 12.4. The van der Waals surface area contributed by atoms with Crippen LogP contribution in [-0.2, 0) is 24.6 Å². The second kappa shape index (κ2) is 12.1. The Hall–Kier alpha value is -3.18. The van der Waals surface area contributed by atoms with Gasteiger partial charge in [-0.1, -0.05) is 12.1 Å². The molecule has 5 aliphatic rings. The number of rotatable bonds is 9. The van der Waals surface area contributed by atoms with Gasteiger partial charge in [0.25, 0.3) is 5.91 Å². The summed E-state index contributed by atoms with van der Waals surface area (Å²) in [5, 5.41) is 33.8. The minimum absolute atomic E-state index is 0.105. The van der Waals surface area contributed by atoms with Gasteiger partial charge >= 0.3 is 17.9 Å². The molecule has 0 unspecified atom stereocenters. The van der Waals surface area contributed by atoms with Crippen LogP contribution in [0.15, 0.2) is 24.3 Å². The third-order valence-electron chi connectivity index (χ3n) is 9.01. The van der Waals surface area contributed by atoms with Gasteiger partial charge in [-0.2, -0.15) is 0 Å². The van der Waals surface area contributed by atoms with Crippen LogP contribution in [0.5, 0.6) is 5.75 Å². The third-order valence-corrected chi connectivity index (χ3v) is 9.01. The first-order chi connectivity index (χ1) is 18.9. The van der Waals surface area contributed by atoms with Crippen molar-refractivity contribution in [2.75, 3.05) is 39.8 Å². The number of nitrogens with zero attached hydrogens (tertiary/aromatic N) is 2. The van der Waals surface area contributed by atoms with Gasteiger partial charge in [-0.3, -0.25) is 14.4 Å². The van der Waals surface area contributed by atoms with Crippen LogP contribution in [0.1, 0.15) is 56.9 Å². The fourth-order valence-electron chi connectivity index (χ4n) is 7.38. The summed E-state index contributed by atoms with van der Waals surface area (Å²) < 4.78 is 5.82. The zero-order valence-corrected chi connectivity index (χ0v) is 23.0. The average molecular weight is 561 g/mol. The Balaban J connectivity index is 0.000000243. The van der Waals surface area contributed by atoms with Gasteiger partial charge in [-0.05, 0) is 86.4 Å². The van der Waals surface area contributed by atoms with E-state index in [1.54, 1.807) is 0 Å². The highest BCUT2D eigenvalue weighted by Crippen LogP contribution is 2.60. The van der Waals surface area contributed by atoms with E-state index in [0.717, 1.165) is 49.7 Å². The summed E-state index contributed by atoms with van der Waals surface area (Å²) in [5.41, 5.74) is -0.792. The molecular weight excluding hydrogens is 520 g/mol. The van der Waals surface area contributed by atoms with Crippen molar-refractivity contribution in [2.45, 2.75) is 62.4 Å². The zero-order valence-electron chi connectivity index (χ0n) is 23.0. The number of aliphatic carboxylic acids is 3. The molecule has 4 N–H and O–H groups in total. The first-order valence-electron chi connectivity index (χ1n) is 14.0. The van der Waals surface area contributed by atoms with Crippen LogP contribution in [0, 0.1) is 17.8 Å². The molecule has 0 spiro atoms. The lowest BCUT2D eigenvalue weighted by atomic mass is 9.48. The lowest BCUT2D eigenvalue weighted by Crippen LogP contribution is -2.48. The zero-order chi connectivity index (χ0) is 29.1. The molecule has 11 heteroatoms. The molecule has 1 aliphatic heterocycles. The highest BCUT2D eigenvalue weighted by atomic mass is 16.5. The SMILES string of the molecule is CN1CCN(C(=O)COc2ccc(C34CC5CC(CC(C5)C3)C4)cc2)CC1.O=C(O)CC(O)(CC(=O)O)C(=O)O. The van der Waals surface area contributed by atoms with E-state index in [4.69, 9.17) is 25.2 Å². The maximum absolute atomic E-state index is 12.4. The number of hydrogen-bond acceptors (Lipinski definition) is 7. The molecule has 1 amide bonds. The monoisotopic (exact) mass is 560 g/mol. The van der Waals surface area contributed by atoms with Crippen LogP contribution in [0.3, 0.4) is 0 Å². The lowest BCUT2D eigenvalue weighted by Gasteiger charge is -2.57. The predicted molar refractivity (Wildman–Crippen MR) is 143 cm³/mol. The Labute approximate surface area is 233 Å². The molecule has 4 saturated carbocycles. The smallest absolute Gasteiger partial charge is 0.336 e. The van der Waals surface area contributed by atoms with Gasteiger partial charge in [0.1, 0.15) is 5.75 Å². The Morgan fingerprint density at radius 3 is 1.75 bits per heavy atom.